The Hall–Kier alpha value is -1.01. The number of nitrogens with one attached hydrogen (secondary N) is 1. The van der Waals surface area contributed by atoms with Gasteiger partial charge in [-0.3, -0.25) is 4.79 Å². The molecule has 0 aromatic rings. The molecule has 1 atom stereocenters. The number of amides is 1. The van der Waals surface area contributed by atoms with Gasteiger partial charge in [-0.15, -0.1) is 6.42 Å². The molecule has 13 heavy (non-hydrogen) atoms. The average Bonchev–Trinajstić information content (AvgIpc) is 2.13. The fourth-order valence-electron chi connectivity index (χ4n) is 1.04. The minimum Gasteiger partial charge on any atom is -0.334 e. The number of carbonyl (C=O) groups is 1. The molecule has 3 nitrogen and oxygen atoms in total. The summed E-state index contributed by atoms with van der Waals surface area (Å²) in [7, 11) is 1.73. The Morgan fingerprint density at radius 1 is 1.69 bits per heavy atom. The second-order valence-corrected chi connectivity index (χ2v) is 3.11. The largest absolute Gasteiger partial charge is 0.334 e. The molecule has 0 spiro atoms. The van der Waals surface area contributed by atoms with Gasteiger partial charge < -0.3 is 10.2 Å². The maximum atomic E-state index is 11.5. The van der Waals surface area contributed by atoms with Crippen LogP contribution in [-0.2, 0) is 4.79 Å². The first kappa shape index (κ1) is 12.0. The molecule has 0 rings (SSSR count). The molecule has 0 saturated heterocycles. The predicted octanol–water partition coefficient (Wildman–Crippen LogP) is 0.324. The van der Waals surface area contributed by atoms with E-state index in [1.165, 1.54) is 0 Å². The van der Waals surface area contributed by atoms with Crippen molar-refractivity contribution in [3.63, 3.8) is 0 Å². The van der Waals surface area contributed by atoms with Crippen LogP contribution in [0.4, 0.5) is 0 Å². The number of carbonyl (C=O) groups excluding carboxylic acids is 1. The van der Waals surface area contributed by atoms with Crippen LogP contribution in [0.1, 0.15) is 13.8 Å². The standard InChI is InChI=1S/C10H18N2O/c1-5-7-12(4)10(13)9(3)8-11-6-2/h1,9,11H,6-8H2,2-4H3. The van der Waals surface area contributed by atoms with Gasteiger partial charge in [-0.05, 0) is 6.54 Å². The summed E-state index contributed by atoms with van der Waals surface area (Å²) < 4.78 is 0. The van der Waals surface area contributed by atoms with Crippen molar-refractivity contribution in [1.82, 2.24) is 10.2 Å². The lowest BCUT2D eigenvalue weighted by Crippen LogP contribution is -2.36. The summed E-state index contributed by atoms with van der Waals surface area (Å²) in [5.41, 5.74) is 0. The van der Waals surface area contributed by atoms with Crippen LogP contribution in [-0.4, -0.2) is 37.5 Å². The van der Waals surface area contributed by atoms with Crippen LogP contribution < -0.4 is 5.32 Å². The van der Waals surface area contributed by atoms with Crippen molar-refractivity contribution in [3.8, 4) is 12.3 Å². The lowest BCUT2D eigenvalue weighted by molar-refractivity contribution is -0.132. The van der Waals surface area contributed by atoms with Crippen molar-refractivity contribution in [2.75, 3.05) is 26.7 Å². The molecular formula is C10H18N2O. The highest BCUT2D eigenvalue weighted by Crippen LogP contribution is 1.98. The van der Waals surface area contributed by atoms with E-state index in [1.54, 1.807) is 11.9 Å². The number of nitrogens with zero attached hydrogens (tertiary/aromatic N) is 1. The zero-order valence-corrected chi connectivity index (χ0v) is 8.63. The summed E-state index contributed by atoms with van der Waals surface area (Å²) >= 11 is 0. The normalized spacial score (nSPS) is 11.8. The predicted molar refractivity (Wildman–Crippen MR) is 54.2 cm³/mol. The number of terminal acetylenes is 1. The van der Waals surface area contributed by atoms with E-state index < -0.39 is 0 Å². The van der Waals surface area contributed by atoms with Gasteiger partial charge in [0.1, 0.15) is 0 Å². The fourth-order valence-corrected chi connectivity index (χ4v) is 1.04. The Balaban J connectivity index is 3.88. The third-order valence-corrected chi connectivity index (χ3v) is 1.83. The van der Waals surface area contributed by atoms with E-state index in [0.717, 1.165) is 6.54 Å². The molecule has 0 saturated carbocycles. The molecular weight excluding hydrogens is 164 g/mol. The number of rotatable bonds is 5. The maximum Gasteiger partial charge on any atom is 0.227 e. The average molecular weight is 182 g/mol. The van der Waals surface area contributed by atoms with Crippen molar-refractivity contribution in [3.05, 3.63) is 0 Å². The Morgan fingerprint density at radius 2 is 2.31 bits per heavy atom. The Kier molecular flexibility index (Phi) is 5.99. The highest BCUT2D eigenvalue weighted by molar-refractivity contribution is 5.78. The monoisotopic (exact) mass is 182 g/mol. The van der Waals surface area contributed by atoms with E-state index in [1.807, 2.05) is 13.8 Å². The van der Waals surface area contributed by atoms with Gasteiger partial charge in [0.15, 0.2) is 0 Å². The SMILES string of the molecule is C#CCN(C)C(=O)C(C)CNCC. The fraction of sp³-hybridized carbons (Fsp3) is 0.700. The molecule has 0 aromatic carbocycles. The van der Waals surface area contributed by atoms with Gasteiger partial charge in [0.2, 0.25) is 5.91 Å². The summed E-state index contributed by atoms with van der Waals surface area (Å²) in [4.78, 5) is 13.1. The smallest absolute Gasteiger partial charge is 0.227 e. The summed E-state index contributed by atoms with van der Waals surface area (Å²) in [5, 5.41) is 3.13. The van der Waals surface area contributed by atoms with E-state index in [4.69, 9.17) is 6.42 Å². The summed E-state index contributed by atoms with van der Waals surface area (Å²) in [5.74, 6) is 2.54. The van der Waals surface area contributed by atoms with Crippen molar-refractivity contribution in [2.45, 2.75) is 13.8 Å². The van der Waals surface area contributed by atoms with Crippen molar-refractivity contribution >= 4 is 5.91 Å². The highest BCUT2D eigenvalue weighted by Gasteiger charge is 2.15. The van der Waals surface area contributed by atoms with Crippen LogP contribution in [0.5, 0.6) is 0 Å². The van der Waals surface area contributed by atoms with Crippen LogP contribution in [0, 0.1) is 18.3 Å². The molecule has 1 N–H and O–H groups in total. The summed E-state index contributed by atoms with van der Waals surface area (Å²) in [6.45, 7) is 5.90. The minimum absolute atomic E-state index is 0.00157. The molecule has 0 aliphatic carbocycles. The minimum atomic E-state index is -0.00157. The van der Waals surface area contributed by atoms with Crippen molar-refractivity contribution in [1.29, 1.82) is 0 Å². The highest BCUT2D eigenvalue weighted by atomic mass is 16.2. The molecule has 0 aliphatic heterocycles. The summed E-state index contributed by atoms with van der Waals surface area (Å²) in [6.07, 6.45) is 5.11. The van der Waals surface area contributed by atoms with Crippen LogP contribution in [0.2, 0.25) is 0 Å². The van der Waals surface area contributed by atoms with E-state index in [-0.39, 0.29) is 11.8 Å². The number of hydrogen-bond donors (Lipinski definition) is 1. The van der Waals surface area contributed by atoms with Crippen LogP contribution >= 0.6 is 0 Å². The van der Waals surface area contributed by atoms with Gasteiger partial charge in [0, 0.05) is 19.5 Å². The van der Waals surface area contributed by atoms with E-state index in [0.29, 0.717) is 13.1 Å². The molecule has 0 fully saturated rings. The zero-order chi connectivity index (χ0) is 10.3. The van der Waals surface area contributed by atoms with Gasteiger partial charge >= 0.3 is 0 Å². The topological polar surface area (TPSA) is 32.3 Å². The molecule has 1 amide bonds. The van der Waals surface area contributed by atoms with Crippen LogP contribution in [0.3, 0.4) is 0 Å². The quantitative estimate of drug-likeness (QED) is 0.621. The molecule has 3 heteroatoms. The first-order valence-corrected chi connectivity index (χ1v) is 4.52. The second kappa shape index (κ2) is 6.50. The Labute approximate surface area is 80.5 Å². The molecule has 0 radical (unpaired) electrons. The van der Waals surface area contributed by atoms with Crippen LogP contribution in [0.25, 0.3) is 0 Å². The van der Waals surface area contributed by atoms with Gasteiger partial charge in [0.05, 0.1) is 6.54 Å². The van der Waals surface area contributed by atoms with Gasteiger partial charge in [0.25, 0.3) is 0 Å². The third-order valence-electron chi connectivity index (χ3n) is 1.83. The van der Waals surface area contributed by atoms with Gasteiger partial charge in [-0.2, -0.15) is 0 Å². The van der Waals surface area contributed by atoms with Gasteiger partial charge in [-0.25, -0.2) is 0 Å². The number of hydrogen-bond acceptors (Lipinski definition) is 2. The van der Waals surface area contributed by atoms with E-state index in [2.05, 4.69) is 11.2 Å². The molecule has 0 heterocycles. The lowest BCUT2D eigenvalue weighted by Gasteiger charge is -2.19. The van der Waals surface area contributed by atoms with E-state index >= 15 is 0 Å². The van der Waals surface area contributed by atoms with Crippen molar-refractivity contribution in [2.24, 2.45) is 5.92 Å². The molecule has 74 valence electrons. The van der Waals surface area contributed by atoms with Gasteiger partial charge in [-0.1, -0.05) is 19.8 Å². The molecule has 0 aliphatic rings. The maximum absolute atomic E-state index is 11.5. The summed E-state index contributed by atoms with van der Waals surface area (Å²) in [6, 6.07) is 0. The Bertz CT molecular complexity index is 196. The Morgan fingerprint density at radius 3 is 2.77 bits per heavy atom. The molecule has 0 aromatic heterocycles. The van der Waals surface area contributed by atoms with Crippen molar-refractivity contribution < 1.29 is 4.79 Å². The molecule has 0 bridgehead atoms. The second-order valence-electron chi connectivity index (χ2n) is 3.11. The lowest BCUT2D eigenvalue weighted by atomic mass is 10.1. The van der Waals surface area contributed by atoms with Crippen LogP contribution in [0.15, 0.2) is 0 Å². The first-order chi connectivity index (χ1) is 6.13. The first-order valence-electron chi connectivity index (χ1n) is 4.52. The molecule has 1 unspecified atom stereocenters. The third kappa shape index (κ3) is 4.54. The van der Waals surface area contributed by atoms with E-state index in [9.17, 15) is 4.79 Å². The zero-order valence-electron chi connectivity index (χ0n) is 8.63.